The second-order valence-corrected chi connectivity index (χ2v) is 15.4. The van der Waals surface area contributed by atoms with Crippen LogP contribution in [0.3, 0.4) is 0 Å². The van der Waals surface area contributed by atoms with Crippen molar-refractivity contribution in [1.29, 1.82) is 5.26 Å². The maximum atomic E-state index is 13.5. The lowest BCUT2D eigenvalue weighted by atomic mass is 9.96. The molecule has 0 saturated carbocycles. The number of pyridine rings is 1. The number of hydrogen-bond acceptors (Lipinski definition) is 9. The molecule has 3 aromatic carbocycles. The van der Waals surface area contributed by atoms with Gasteiger partial charge < -0.3 is 29.4 Å². The highest BCUT2D eigenvalue weighted by molar-refractivity contribution is 6.36. The Bertz CT molecular complexity index is 2370. The lowest BCUT2D eigenvalue weighted by Gasteiger charge is -2.33. The number of halogens is 2. The van der Waals surface area contributed by atoms with Crippen molar-refractivity contribution in [2.24, 2.45) is 7.05 Å². The predicted octanol–water partition coefficient (Wildman–Crippen LogP) is 7.81. The van der Waals surface area contributed by atoms with Gasteiger partial charge in [-0.05, 0) is 68.2 Å². The van der Waals surface area contributed by atoms with Gasteiger partial charge in [0.05, 0.1) is 27.0 Å². The highest BCUT2D eigenvalue weighted by atomic mass is 35.5. The van der Waals surface area contributed by atoms with Gasteiger partial charge in [-0.25, -0.2) is 4.98 Å². The Morgan fingerprint density at radius 1 is 0.982 bits per heavy atom. The molecule has 7 rings (SSSR count). The van der Waals surface area contributed by atoms with Gasteiger partial charge in [-0.2, -0.15) is 5.26 Å². The molecule has 0 aliphatic carbocycles. The minimum absolute atomic E-state index is 0.127. The van der Waals surface area contributed by atoms with Crippen LogP contribution < -0.4 is 14.8 Å². The summed E-state index contributed by atoms with van der Waals surface area (Å²) in [6.07, 6.45) is 6.27. The molecule has 0 radical (unpaired) electrons. The Balaban J connectivity index is 1.11. The molecular weight excluding hydrogens is 765 g/mol. The smallest absolute Gasteiger partial charge is 0.320 e. The van der Waals surface area contributed by atoms with E-state index in [1.807, 2.05) is 60.8 Å². The number of carbonyl (C=O) groups excluding carboxylic acids is 1. The van der Waals surface area contributed by atoms with Gasteiger partial charge in [0, 0.05) is 73.9 Å². The first-order chi connectivity index (χ1) is 27.5. The molecule has 14 heteroatoms. The first-order valence-electron chi connectivity index (χ1n) is 18.8. The summed E-state index contributed by atoms with van der Waals surface area (Å²) in [5, 5.41) is 23.0. The lowest BCUT2D eigenvalue weighted by molar-refractivity contribution is -0.144. The second kappa shape index (κ2) is 17.4. The molecule has 1 amide bonds. The molecule has 1 atom stereocenters. The van der Waals surface area contributed by atoms with Gasteiger partial charge in [-0.1, -0.05) is 60.0 Å². The SMILES string of the molecule is Cc1c(COc2cc(OCc3cncc(C#N)c3)c(CN3CCCCC3C(=O)O)cc2Cl)cccc1-c1cccc(NC(=O)c2nc3c(n2C)CCN(C)C3)c1Cl. The number of likely N-dealkylation sites (N-methyl/N-ethyl adjacent to an activating group) is 1. The van der Waals surface area contributed by atoms with E-state index in [4.69, 9.17) is 32.7 Å². The van der Waals surface area contributed by atoms with Crippen LogP contribution in [0.1, 0.15) is 69.1 Å². The van der Waals surface area contributed by atoms with Crippen molar-refractivity contribution in [2.75, 3.05) is 25.5 Å². The monoisotopic (exact) mass is 807 g/mol. The number of imidazole rings is 1. The number of aromatic nitrogens is 3. The van der Waals surface area contributed by atoms with Crippen LogP contribution in [0.15, 0.2) is 67.0 Å². The topological polar surface area (TPSA) is 146 Å². The number of rotatable bonds is 12. The number of piperidine rings is 1. The number of amides is 1. The zero-order valence-corrected chi connectivity index (χ0v) is 33.5. The number of anilines is 1. The number of fused-ring (bicyclic) bond motifs is 1. The fraction of sp³-hybridized carbons (Fsp3) is 0.326. The fourth-order valence-electron chi connectivity index (χ4n) is 7.58. The molecule has 1 saturated heterocycles. The third-order valence-corrected chi connectivity index (χ3v) is 11.4. The van der Waals surface area contributed by atoms with Gasteiger partial charge in [-0.15, -0.1) is 0 Å². The molecule has 0 spiro atoms. The molecule has 1 unspecified atom stereocenters. The average molecular weight is 809 g/mol. The maximum Gasteiger partial charge on any atom is 0.320 e. The van der Waals surface area contributed by atoms with E-state index in [1.54, 1.807) is 30.5 Å². The van der Waals surface area contributed by atoms with Crippen LogP contribution in [0.2, 0.25) is 10.0 Å². The van der Waals surface area contributed by atoms with E-state index in [9.17, 15) is 20.0 Å². The highest BCUT2D eigenvalue weighted by Gasteiger charge is 2.30. The Labute approximate surface area is 341 Å². The number of benzene rings is 3. The Kier molecular flexibility index (Phi) is 12.1. The number of aliphatic carboxylic acids is 1. The number of carbonyl (C=O) groups is 2. The van der Waals surface area contributed by atoms with Gasteiger partial charge in [0.15, 0.2) is 5.82 Å². The third-order valence-electron chi connectivity index (χ3n) is 10.7. The number of nitrogens with one attached hydrogen (secondary N) is 1. The minimum atomic E-state index is -0.853. The van der Waals surface area contributed by atoms with E-state index in [1.165, 1.54) is 6.20 Å². The number of hydrogen-bond donors (Lipinski definition) is 2. The molecule has 57 heavy (non-hydrogen) atoms. The normalized spacial score (nSPS) is 15.8. The van der Waals surface area contributed by atoms with Gasteiger partial charge in [-0.3, -0.25) is 19.5 Å². The molecule has 1 fully saturated rings. The number of carboxylic acid groups (broad SMARTS) is 1. The van der Waals surface area contributed by atoms with Crippen LogP contribution in [-0.2, 0) is 44.6 Å². The lowest BCUT2D eigenvalue weighted by Crippen LogP contribution is -2.44. The zero-order valence-electron chi connectivity index (χ0n) is 32.0. The number of nitriles is 1. The van der Waals surface area contributed by atoms with Crippen molar-refractivity contribution in [3.8, 4) is 28.7 Å². The summed E-state index contributed by atoms with van der Waals surface area (Å²) in [6, 6.07) is 18.1. The molecule has 5 aromatic rings. The van der Waals surface area contributed by atoms with Crippen molar-refractivity contribution >= 4 is 40.8 Å². The van der Waals surface area contributed by atoms with Crippen LogP contribution in [0.25, 0.3) is 11.1 Å². The van der Waals surface area contributed by atoms with Crippen molar-refractivity contribution in [2.45, 2.75) is 65.0 Å². The molecular formula is C43H43Cl2N7O5. The van der Waals surface area contributed by atoms with E-state index in [0.29, 0.717) is 70.2 Å². The number of nitrogens with zero attached hydrogens (tertiary/aromatic N) is 6. The van der Waals surface area contributed by atoms with E-state index in [2.05, 4.69) is 26.3 Å². The number of likely N-dealkylation sites (tertiary alicyclic amines) is 1. The van der Waals surface area contributed by atoms with E-state index in [-0.39, 0.29) is 19.1 Å². The molecule has 4 heterocycles. The molecule has 294 valence electrons. The van der Waals surface area contributed by atoms with Crippen molar-refractivity contribution < 1.29 is 24.2 Å². The van der Waals surface area contributed by atoms with E-state index >= 15 is 0 Å². The predicted molar refractivity (Wildman–Crippen MR) is 218 cm³/mol. The largest absolute Gasteiger partial charge is 0.488 e. The van der Waals surface area contributed by atoms with Gasteiger partial charge in [0.25, 0.3) is 5.91 Å². The second-order valence-electron chi connectivity index (χ2n) is 14.6. The maximum absolute atomic E-state index is 13.5. The summed E-state index contributed by atoms with van der Waals surface area (Å²) in [4.78, 5) is 38.5. The molecule has 2 N–H and O–H groups in total. The summed E-state index contributed by atoms with van der Waals surface area (Å²) in [7, 11) is 3.91. The van der Waals surface area contributed by atoms with Crippen LogP contribution in [0.4, 0.5) is 5.69 Å². The Morgan fingerprint density at radius 3 is 2.58 bits per heavy atom. The van der Waals surface area contributed by atoms with Gasteiger partial charge in [0.1, 0.15) is 36.8 Å². The van der Waals surface area contributed by atoms with Crippen LogP contribution in [0.5, 0.6) is 11.5 Å². The van der Waals surface area contributed by atoms with Crippen LogP contribution >= 0.6 is 23.2 Å². The first-order valence-corrected chi connectivity index (χ1v) is 19.6. The highest BCUT2D eigenvalue weighted by Crippen LogP contribution is 2.39. The molecule has 12 nitrogen and oxygen atoms in total. The van der Waals surface area contributed by atoms with Crippen molar-refractivity contribution in [3.63, 3.8) is 0 Å². The zero-order chi connectivity index (χ0) is 40.2. The molecule has 2 aromatic heterocycles. The molecule has 2 aliphatic heterocycles. The number of carboxylic acids is 1. The average Bonchev–Trinajstić information content (AvgIpc) is 3.53. The van der Waals surface area contributed by atoms with Crippen LogP contribution in [0, 0.1) is 18.3 Å². The Morgan fingerprint density at radius 2 is 1.77 bits per heavy atom. The fourth-order valence-corrected chi connectivity index (χ4v) is 8.09. The molecule has 2 aliphatic rings. The van der Waals surface area contributed by atoms with Crippen LogP contribution in [-0.4, -0.2) is 67.5 Å². The van der Waals surface area contributed by atoms with Crippen molar-refractivity contribution in [1.82, 2.24) is 24.3 Å². The summed E-state index contributed by atoms with van der Waals surface area (Å²) >= 11 is 13.9. The quantitative estimate of drug-likeness (QED) is 0.128. The van der Waals surface area contributed by atoms with Gasteiger partial charge in [0.2, 0.25) is 0 Å². The number of ether oxygens (including phenoxy) is 2. The van der Waals surface area contributed by atoms with Gasteiger partial charge >= 0.3 is 5.97 Å². The first kappa shape index (κ1) is 39.8. The minimum Gasteiger partial charge on any atom is -0.488 e. The van der Waals surface area contributed by atoms with E-state index in [0.717, 1.165) is 65.0 Å². The Hall–Kier alpha value is -5.45. The summed E-state index contributed by atoms with van der Waals surface area (Å²) in [5.74, 6) is 0.0366. The van der Waals surface area contributed by atoms with Crippen molar-refractivity contribution in [3.05, 3.63) is 122 Å². The summed E-state index contributed by atoms with van der Waals surface area (Å²) in [5.41, 5.74) is 7.76. The summed E-state index contributed by atoms with van der Waals surface area (Å²) < 4.78 is 14.5. The third kappa shape index (κ3) is 8.77. The molecule has 0 bridgehead atoms. The summed E-state index contributed by atoms with van der Waals surface area (Å²) in [6.45, 7) is 4.86. The standard InChI is InChI=1S/C43H43Cl2N7O5/c1-26-29(8-6-9-31(26)32-10-7-11-34(40(32)45)49-42(53)41-48-35-23-50(2)15-13-36(35)51(41)3)25-57-39-18-38(56-24-28-16-27(19-46)20-47-21-28)30(17-33(39)44)22-52-14-5-4-12-37(52)43(54)55/h6-11,16-18,20-21,37H,4-5,12-15,22-25H2,1-3H3,(H,49,53)(H,54,55). The van der Waals surface area contributed by atoms with E-state index < -0.39 is 12.0 Å².